The number of thiazole rings is 1. The molecule has 0 radical (unpaired) electrons. The fraction of sp³-hybridized carbons (Fsp3) is 0.500. The standard InChI is InChI=1S/C10H13N3O2S2/c1-6(14)17-7-3-13(4-7)10-12-8(5-16-10)9(15)11-2/h5,7H,3-4H2,1-2H3,(H,11,15). The van der Waals surface area contributed by atoms with E-state index in [1.807, 2.05) is 0 Å². The molecule has 1 aromatic heterocycles. The van der Waals surface area contributed by atoms with E-state index in [2.05, 4.69) is 15.2 Å². The number of carbonyl (C=O) groups excluding carboxylic acids is 2. The Morgan fingerprint density at radius 1 is 1.59 bits per heavy atom. The van der Waals surface area contributed by atoms with Crippen molar-refractivity contribution in [1.29, 1.82) is 0 Å². The molecule has 0 saturated carbocycles. The molecule has 1 aromatic rings. The Balaban J connectivity index is 1.91. The first kappa shape index (κ1) is 12.4. The molecule has 1 amide bonds. The van der Waals surface area contributed by atoms with Crippen LogP contribution in [-0.4, -0.2) is 41.4 Å². The van der Waals surface area contributed by atoms with Gasteiger partial charge in [-0.25, -0.2) is 4.98 Å². The van der Waals surface area contributed by atoms with Gasteiger partial charge in [0.1, 0.15) is 5.69 Å². The first-order chi connectivity index (χ1) is 8.10. The number of carbonyl (C=O) groups is 2. The molecule has 0 aliphatic carbocycles. The zero-order valence-electron chi connectivity index (χ0n) is 9.60. The van der Waals surface area contributed by atoms with Gasteiger partial charge in [-0.3, -0.25) is 9.59 Å². The largest absolute Gasteiger partial charge is 0.354 e. The highest BCUT2D eigenvalue weighted by atomic mass is 32.2. The molecule has 1 saturated heterocycles. The van der Waals surface area contributed by atoms with Crippen LogP contribution in [0.3, 0.4) is 0 Å². The van der Waals surface area contributed by atoms with Gasteiger partial charge >= 0.3 is 0 Å². The lowest BCUT2D eigenvalue weighted by Gasteiger charge is -2.37. The molecule has 7 heteroatoms. The topological polar surface area (TPSA) is 62.3 Å². The molecule has 17 heavy (non-hydrogen) atoms. The summed E-state index contributed by atoms with van der Waals surface area (Å²) in [6.07, 6.45) is 0. The average molecular weight is 271 g/mol. The molecule has 0 bridgehead atoms. The molecule has 1 fully saturated rings. The van der Waals surface area contributed by atoms with E-state index < -0.39 is 0 Å². The van der Waals surface area contributed by atoms with E-state index in [9.17, 15) is 9.59 Å². The van der Waals surface area contributed by atoms with Crippen LogP contribution in [0.5, 0.6) is 0 Å². The van der Waals surface area contributed by atoms with Crippen molar-refractivity contribution in [2.24, 2.45) is 0 Å². The van der Waals surface area contributed by atoms with Crippen molar-refractivity contribution in [2.45, 2.75) is 12.2 Å². The van der Waals surface area contributed by atoms with Gasteiger partial charge < -0.3 is 10.2 Å². The maximum Gasteiger partial charge on any atom is 0.270 e. The number of nitrogens with one attached hydrogen (secondary N) is 1. The Morgan fingerprint density at radius 3 is 2.88 bits per heavy atom. The van der Waals surface area contributed by atoms with E-state index in [-0.39, 0.29) is 11.0 Å². The molecule has 0 unspecified atom stereocenters. The second-order valence-corrected chi connectivity index (χ2v) is 6.04. The third-order valence-electron chi connectivity index (χ3n) is 2.40. The molecule has 2 rings (SSSR count). The highest BCUT2D eigenvalue weighted by Gasteiger charge is 2.30. The number of hydrogen-bond acceptors (Lipinski definition) is 6. The average Bonchev–Trinajstić information content (AvgIpc) is 2.70. The van der Waals surface area contributed by atoms with Gasteiger partial charge in [0, 0.05) is 37.7 Å². The van der Waals surface area contributed by atoms with Gasteiger partial charge in [0.05, 0.1) is 0 Å². The SMILES string of the molecule is CNC(=O)c1csc(N2CC(SC(C)=O)C2)n1. The van der Waals surface area contributed by atoms with E-state index in [0.29, 0.717) is 10.9 Å². The number of thioether (sulfide) groups is 1. The van der Waals surface area contributed by atoms with E-state index in [0.717, 1.165) is 18.2 Å². The predicted octanol–water partition coefficient (Wildman–Crippen LogP) is 0.971. The van der Waals surface area contributed by atoms with E-state index in [1.54, 1.807) is 19.4 Å². The minimum Gasteiger partial charge on any atom is -0.354 e. The molecule has 1 aliphatic rings. The molecular formula is C10H13N3O2S2. The molecule has 0 atom stereocenters. The van der Waals surface area contributed by atoms with Crippen LogP contribution in [-0.2, 0) is 4.79 Å². The number of nitrogens with zero attached hydrogens (tertiary/aromatic N) is 2. The molecule has 1 N–H and O–H groups in total. The third kappa shape index (κ3) is 2.78. The van der Waals surface area contributed by atoms with Crippen molar-refractivity contribution >= 4 is 39.3 Å². The second kappa shape index (κ2) is 5.05. The van der Waals surface area contributed by atoms with Gasteiger partial charge in [0.2, 0.25) is 0 Å². The monoisotopic (exact) mass is 271 g/mol. The van der Waals surface area contributed by atoms with Crippen LogP contribution < -0.4 is 10.2 Å². The fourth-order valence-electron chi connectivity index (χ4n) is 1.55. The first-order valence-corrected chi connectivity index (χ1v) is 6.96. The smallest absolute Gasteiger partial charge is 0.270 e. The van der Waals surface area contributed by atoms with E-state index >= 15 is 0 Å². The Kier molecular flexibility index (Phi) is 3.68. The highest BCUT2D eigenvalue weighted by molar-refractivity contribution is 8.14. The first-order valence-electron chi connectivity index (χ1n) is 5.20. The lowest BCUT2D eigenvalue weighted by molar-refractivity contribution is -0.109. The predicted molar refractivity (Wildman–Crippen MR) is 69.8 cm³/mol. The molecule has 92 valence electrons. The summed E-state index contributed by atoms with van der Waals surface area (Å²) in [5.74, 6) is -0.164. The normalized spacial score (nSPS) is 15.5. The van der Waals surface area contributed by atoms with Gasteiger partial charge in [-0.1, -0.05) is 11.8 Å². The summed E-state index contributed by atoms with van der Waals surface area (Å²) in [6.45, 7) is 3.23. The van der Waals surface area contributed by atoms with Crippen LogP contribution >= 0.6 is 23.1 Å². The summed E-state index contributed by atoms with van der Waals surface area (Å²) >= 11 is 2.83. The minimum atomic E-state index is -0.164. The van der Waals surface area contributed by atoms with Crippen molar-refractivity contribution in [2.75, 3.05) is 25.0 Å². The minimum absolute atomic E-state index is 0.153. The fourth-order valence-corrected chi connectivity index (χ4v) is 3.35. The van der Waals surface area contributed by atoms with Crippen LogP contribution in [0.1, 0.15) is 17.4 Å². The Labute approximate surface area is 108 Å². The molecule has 5 nitrogen and oxygen atoms in total. The number of rotatable bonds is 3. The van der Waals surface area contributed by atoms with Crippen LogP contribution in [0.15, 0.2) is 5.38 Å². The lowest BCUT2D eigenvalue weighted by atomic mass is 10.2. The summed E-state index contributed by atoms with van der Waals surface area (Å²) in [7, 11) is 1.59. The third-order valence-corrected chi connectivity index (χ3v) is 4.27. The zero-order valence-corrected chi connectivity index (χ0v) is 11.2. The van der Waals surface area contributed by atoms with Crippen molar-refractivity contribution in [3.8, 4) is 0 Å². The van der Waals surface area contributed by atoms with Crippen molar-refractivity contribution in [1.82, 2.24) is 10.3 Å². The van der Waals surface area contributed by atoms with E-state index in [4.69, 9.17) is 0 Å². The summed E-state index contributed by atoms with van der Waals surface area (Å²) in [5, 5.41) is 5.66. The maximum atomic E-state index is 11.3. The number of aromatic nitrogens is 1. The van der Waals surface area contributed by atoms with Crippen LogP contribution in [0.25, 0.3) is 0 Å². The van der Waals surface area contributed by atoms with Crippen molar-refractivity contribution < 1.29 is 9.59 Å². The Hall–Kier alpha value is -1.08. The highest BCUT2D eigenvalue weighted by Crippen LogP contribution is 2.30. The number of hydrogen-bond donors (Lipinski definition) is 1. The van der Waals surface area contributed by atoms with Gasteiger partial charge in [-0.05, 0) is 0 Å². The van der Waals surface area contributed by atoms with Gasteiger partial charge in [0.15, 0.2) is 10.2 Å². The van der Waals surface area contributed by atoms with Crippen molar-refractivity contribution in [3.05, 3.63) is 11.1 Å². The van der Waals surface area contributed by atoms with Crippen LogP contribution in [0.2, 0.25) is 0 Å². The molecule has 0 aromatic carbocycles. The maximum absolute atomic E-state index is 11.3. The Bertz CT molecular complexity index is 441. The zero-order chi connectivity index (χ0) is 12.4. The van der Waals surface area contributed by atoms with Crippen LogP contribution in [0.4, 0.5) is 5.13 Å². The summed E-state index contributed by atoms with van der Waals surface area (Å²) in [5.41, 5.74) is 0.454. The van der Waals surface area contributed by atoms with Gasteiger partial charge in [0.25, 0.3) is 5.91 Å². The van der Waals surface area contributed by atoms with Gasteiger partial charge in [-0.2, -0.15) is 0 Å². The summed E-state index contributed by atoms with van der Waals surface area (Å²) in [4.78, 5) is 28.6. The Morgan fingerprint density at radius 2 is 2.29 bits per heavy atom. The molecule has 0 spiro atoms. The lowest BCUT2D eigenvalue weighted by Crippen LogP contribution is -2.49. The summed E-state index contributed by atoms with van der Waals surface area (Å²) in [6, 6.07) is 0. The molecular weight excluding hydrogens is 258 g/mol. The summed E-state index contributed by atoms with van der Waals surface area (Å²) < 4.78 is 0. The second-order valence-electron chi connectivity index (χ2n) is 3.73. The van der Waals surface area contributed by atoms with E-state index in [1.165, 1.54) is 23.1 Å². The number of amides is 1. The number of anilines is 1. The van der Waals surface area contributed by atoms with Crippen molar-refractivity contribution in [3.63, 3.8) is 0 Å². The van der Waals surface area contributed by atoms with Gasteiger partial charge in [-0.15, -0.1) is 11.3 Å². The van der Waals surface area contributed by atoms with Crippen LogP contribution in [0, 0.1) is 0 Å². The molecule has 2 heterocycles. The quantitative estimate of drug-likeness (QED) is 0.887. The molecule has 1 aliphatic heterocycles.